The smallest absolute Gasteiger partial charge is 0.291 e. The Bertz CT molecular complexity index is 920. The van der Waals surface area contributed by atoms with E-state index in [1.165, 1.54) is 6.26 Å². The number of carbonyl (C=O) groups is 1. The zero-order valence-corrected chi connectivity index (χ0v) is 16.2. The number of guanidine groups is 1. The highest BCUT2D eigenvalue weighted by Gasteiger charge is 2.08. The number of aliphatic imine (C=N–C) groups is 1. The molecule has 0 saturated carbocycles. The van der Waals surface area contributed by atoms with Gasteiger partial charge in [-0.3, -0.25) is 9.79 Å². The summed E-state index contributed by atoms with van der Waals surface area (Å²) in [7, 11) is 1.73. The Hall–Kier alpha value is -3.25. The second kappa shape index (κ2) is 9.62. The van der Waals surface area contributed by atoms with E-state index < -0.39 is 0 Å². The predicted octanol–water partition coefficient (Wildman–Crippen LogP) is 4.05. The van der Waals surface area contributed by atoms with E-state index in [4.69, 9.17) is 16.0 Å². The van der Waals surface area contributed by atoms with Gasteiger partial charge in [-0.25, -0.2) is 0 Å². The molecule has 144 valence electrons. The number of furan rings is 1. The van der Waals surface area contributed by atoms with Gasteiger partial charge in [0.1, 0.15) is 0 Å². The lowest BCUT2D eigenvalue weighted by atomic mass is 10.2. The lowest BCUT2D eigenvalue weighted by Gasteiger charge is -2.12. The fourth-order valence-corrected chi connectivity index (χ4v) is 2.63. The SMILES string of the molecule is CN=C(NCc1ccc(Cl)cc1)NCc1ccc(NC(=O)c2ccco2)cc1. The predicted molar refractivity (Wildman–Crippen MR) is 112 cm³/mol. The summed E-state index contributed by atoms with van der Waals surface area (Å²) in [6.07, 6.45) is 1.47. The first kappa shape index (κ1) is 19.5. The third-order valence-corrected chi connectivity index (χ3v) is 4.27. The van der Waals surface area contributed by atoms with Gasteiger partial charge in [-0.05, 0) is 47.5 Å². The number of halogens is 1. The first-order chi connectivity index (χ1) is 13.6. The summed E-state index contributed by atoms with van der Waals surface area (Å²) in [5.41, 5.74) is 2.88. The van der Waals surface area contributed by atoms with Crippen LogP contribution in [0.25, 0.3) is 0 Å². The van der Waals surface area contributed by atoms with Crippen molar-refractivity contribution in [1.29, 1.82) is 0 Å². The van der Waals surface area contributed by atoms with E-state index in [0.717, 1.165) is 16.1 Å². The van der Waals surface area contributed by atoms with Gasteiger partial charge in [0, 0.05) is 30.8 Å². The molecule has 3 aromatic rings. The summed E-state index contributed by atoms with van der Waals surface area (Å²) in [4.78, 5) is 16.2. The highest BCUT2D eigenvalue weighted by Crippen LogP contribution is 2.12. The van der Waals surface area contributed by atoms with E-state index in [1.807, 2.05) is 48.5 Å². The molecule has 3 rings (SSSR count). The van der Waals surface area contributed by atoms with E-state index in [-0.39, 0.29) is 11.7 Å². The van der Waals surface area contributed by atoms with Gasteiger partial charge in [-0.1, -0.05) is 35.9 Å². The lowest BCUT2D eigenvalue weighted by Crippen LogP contribution is -2.36. The van der Waals surface area contributed by atoms with Crippen LogP contribution >= 0.6 is 11.6 Å². The molecule has 0 atom stereocenters. The van der Waals surface area contributed by atoms with Crippen molar-refractivity contribution in [1.82, 2.24) is 10.6 Å². The maximum atomic E-state index is 12.0. The molecule has 1 heterocycles. The average Bonchev–Trinajstić information content (AvgIpc) is 3.26. The second-order valence-corrected chi connectivity index (χ2v) is 6.47. The number of benzene rings is 2. The number of rotatable bonds is 6. The second-order valence-electron chi connectivity index (χ2n) is 6.03. The fraction of sp³-hybridized carbons (Fsp3) is 0.143. The molecule has 6 nitrogen and oxygen atoms in total. The number of hydrogen-bond acceptors (Lipinski definition) is 3. The molecule has 1 amide bonds. The third kappa shape index (κ3) is 5.62. The summed E-state index contributed by atoms with van der Waals surface area (Å²) in [6.45, 7) is 1.25. The van der Waals surface area contributed by atoms with Crippen molar-refractivity contribution in [3.63, 3.8) is 0 Å². The van der Waals surface area contributed by atoms with Crippen LogP contribution < -0.4 is 16.0 Å². The van der Waals surface area contributed by atoms with Crippen molar-refractivity contribution in [2.75, 3.05) is 12.4 Å². The Kier molecular flexibility index (Phi) is 6.70. The van der Waals surface area contributed by atoms with Crippen LogP contribution in [-0.4, -0.2) is 18.9 Å². The van der Waals surface area contributed by atoms with E-state index in [2.05, 4.69) is 20.9 Å². The van der Waals surface area contributed by atoms with Crippen LogP contribution in [0.15, 0.2) is 76.3 Å². The normalized spacial score (nSPS) is 11.1. The lowest BCUT2D eigenvalue weighted by molar-refractivity contribution is 0.0996. The summed E-state index contributed by atoms with van der Waals surface area (Å²) in [6, 6.07) is 18.5. The van der Waals surface area contributed by atoms with Crippen LogP contribution in [0.5, 0.6) is 0 Å². The summed E-state index contributed by atoms with van der Waals surface area (Å²) < 4.78 is 5.08. The minimum Gasteiger partial charge on any atom is -0.459 e. The van der Waals surface area contributed by atoms with Gasteiger partial charge < -0.3 is 20.4 Å². The van der Waals surface area contributed by atoms with Crippen molar-refractivity contribution >= 4 is 29.2 Å². The largest absolute Gasteiger partial charge is 0.459 e. The maximum Gasteiger partial charge on any atom is 0.291 e. The zero-order valence-electron chi connectivity index (χ0n) is 15.4. The Morgan fingerprint density at radius 2 is 1.57 bits per heavy atom. The summed E-state index contributed by atoms with van der Waals surface area (Å²) >= 11 is 5.90. The standard InChI is InChI=1S/C21H21ClN4O2/c1-23-21(24-13-15-4-8-17(22)9-5-15)25-14-16-6-10-18(11-7-16)26-20(27)19-3-2-12-28-19/h2-12H,13-14H2,1H3,(H,26,27)(H2,23,24,25). The van der Waals surface area contributed by atoms with Gasteiger partial charge in [0.15, 0.2) is 11.7 Å². The van der Waals surface area contributed by atoms with Crippen molar-refractivity contribution in [3.05, 3.63) is 88.8 Å². The number of nitrogens with zero attached hydrogens (tertiary/aromatic N) is 1. The first-order valence-electron chi connectivity index (χ1n) is 8.77. The van der Waals surface area contributed by atoms with Gasteiger partial charge >= 0.3 is 0 Å². The van der Waals surface area contributed by atoms with Crippen molar-refractivity contribution in [2.24, 2.45) is 4.99 Å². The Labute approximate surface area is 168 Å². The molecule has 0 fully saturated rings. The van der Waals surface area contributed by atoms with Gasteiger partial charge in [0.2, 0.25) is 0 Å². The zero-order chi connectivity index (χ0) is 19.8. The molecule has 0 aliphatic carbocycles. The van der Waals surface area contributed by atoms with Crippen molar-refractivity contribution < 1.29 is 9.21 Å². The quantitative estimate of drug-likeness (QED) is 0.434. The molecule has 28 heavy (non-hydrogen) atoms. The topological polar surface area (TPSA) is 78.7 Å². The molecular weight excluding hydrogens is 376 g/mol. The molecule has 2 aromatic carbocycles. The highest BCUT2D eigenvalue weighted by molar-refractivity contribution is 6.30. The molecule has 0 radical (unpaired) electrons. The molecule has 0 bridgehead atoms. The van der Waals surface area contributed by atoms with E-state index in [9.17, 15) is 4.79 Å². The van der Waals surface area contributed by atoms with Crippen molar-refractivity contribution in [3.8, 4) is 0 Å². The first-order valence-corrected chi connectivity index (χ1v) is 9.14. The van der Waals surface area contributed by atoms with Gasteiger partial charge in [-0.15, -0.1) is 0 Å². The Morgan fingerprint density at radius 1 is 0.964 bits per heavy atom. The van der Waals surface area contributed by atoms with E-state index in [1.54, 1.807) is 19.2 Å². The minimum atomic E-state index is -0.275. The number of anilines is 1. The molecule has 1 aromatic heterocycles. The van der Waals surface area contributed by atoms with Crippen LogP contribution in [0.4, 0.5) is 5.69 Å². The molecule has 3 N–H and O–H groups in total. The molecule has 0 aliphatic heterocycles. The summed E-state index contributed by atoms with van der Waals surface area (Å²) in [5, 5.41) is 10.0. The maximum absolute atomic E-state index is 12.0. The summed E-state index contributed by atoms with van der Waals surface area (Å²) in [5.74, 6) is 0.703. The fourth-order valence-electron chi connectivity index (χ4n) is 2.50. The van der Waals surface area contributed by atoms with Crippen LogP contribution in [0.1, 0.15) is 21.7 Å². The molecule has 0 spiro atoms. The van der Waals surface area contributed by atoms with Crippen LogP contribution in [-0.2, 0) is 13.1 Å². The molecule has 0 aliphatic rings. The van der Waals surface area contributed by atoms with Crippen molar-refractivity contribution in [2.45, 2.75) is 13.1 Å². The Balaban J connectivity index is 1.47. The minimum absolute atomic E-state index is 0.275. The monoisotopic (exact) mass is 396 g/mol. The van der Waals surface area contributed by atoms with Crippen LogP contribution in [0, 0.1) is 0 Å². The van der Waals surface area contributed by atoms with Gasteiger partial charge in [0.05, 0.1) is 6.26 Å². The number of hydrogen-bond donors (Lipinski definition) is 3. The van der Waals surface area contributed by atoms with Gasteiger partial charge in [-0.2, -0.15) is 0 Å². The van der Waals surface area contributed by atoms with E-state index >= 15 is 0 Å². The van der Waals surface area contributed by atoms with Crippen LogP contribution in [0.3, 0.4) is 0 Å². The third-order valence-electron chi connectivity index (χ3n) is 4.01. The Morgan fingerprint density at radius 3 is 2.11 bits per heavy atom. The molecule has 0 unspecified atom stereocenters. The molecule has 7 heteroatoms. The van der Waals surface area contributed by atoms with Gasteiger partial charge in [0.25, 0.3) is 5.91 Å². The number of carbonyl (C=O) groups excluding carboxylic acids is 1. The molecular formula is C21H21ClN4O2. The van der Waals surface area contributed by atoms with E-state index in [0.29, 0.717) is 24.7 Å². The molecule has 0 saturated heterocycles. The van der Waals surface area contributed by atoms with Crippen LogP contribution in [0.2, 0.25) is 5.02 Å². The number of amides is 1. The number of nitrogens with one attached hydrogen (secondary N) is 3. The highest BCUT2D eigenvalue weighted by atomic mass is 35.5. The average molecular weight is 397 g/mol.